The first-order chi connectivity index (χ1) is 13.1. The van der Waals surface area contributed by atoms with E-state index in [0.717, 1.165) is 35.4 Å². The zero-order valence-corrected chi connectivity index (χ0v) is 16.7. The molecule has 0 saturated carbocycles. The first-order valence-corrected chi connectivity index (χ1v) is 10.6. The molecular weight excluding hydrogens is 360 g/mol. The first kappa shape index (κ1) is 18.1. The summed E-state index contributed by atoms with van der Waals surface area (Å²) in [4.78, 5) is 17.5. The molecule has 2 aromatic rings. The molecule has 7 heteroatoms. The largest absolute Gasteiger partial charge is 0.494 e. The van der Waals surface area contributed by atoms with E-state index in [9.17, 15) is 4.79 Å². The summed E-state index contributed by atoms with van der Waals surface area (Å²) in [5.74, 6) is 2.08. The van der Waals surface area contributed by atoms with Gasteiger partial charge in [-0.15, -0.1) is 5.10 Å². The number of hydrogen-bond donors (Lipinski definition) is 1. The van der Waals surface area contributed by atoms with Crippen LogP contribution in [-0.4, -0.2) is 33.4 Å². The predicted octanol–water partition coefficient (Wildman–Crippen LogP) is 4.06. The second-order valence-electron chi connectivity index (χ2n) is 7.14. The molecule has 2 aliphatic rings. The van der Waals surface area contributed by atoms with Crippen LogP contribution in [-0.2, 0) is 4.79 Å². The van der Waals surface area contributed by atoms with Crippen LogP contribution < -0.4 is 10.1 Å². The lowest BCUT2D eigenvalue weighted by Gasteiger charge is -2.34. The molecule has 4 rings (SSSR count). The van der Waals surface area contributed by atoms with Crippen LogP contribution in [0.4, 0.5) is 5.95 Å². The number of aromatic nitrogens is 3. The van der Waals surface area contributed by atoms with Gasteiger partial charge in [-0.05, 0) is 42.7 Å². The quantitative estimate of drug-likeness (QED) is 0.784. The van der Waals surface area contributed by atoms with Crippen molar-refractivity contribution in [2.45, 2.75) is 44.3 Å². The minimum Gasteiger partial charge on any atom is -0.494 e. The van der Waals surface area contributed by atoms with Gasteiger partial charge >= 0.3 is 0 Å². The highest BCUT2D eigenvalue weighted by molar-refractivity contribution is 7.98. The lowest BCUT2D eigenvalue weighted by Crippen LogP contribution is -2.33. The molecule has 2 atom stereocenters. The summed E-state index contributed by atoms with van der Waals surface area (Å²) in [5, 5.41) is 8.70. The number of carbonyl (C=O) groups excluding carboxylic acids is 1. The Morgan fingerprint density at radius 1 is 1.30 bits per heavy atom. The van der Waals surface area contributed by atoms with Crippen LogP contribution >= 0.6 is 11.8 Å². The van der Waals surface area contributed by atoms with Crippen molar-refractivity contribution < 1.29 is 9.53 Å². The number of thioether (sulfide) groups is 1. The topological polar surface area (TPSA) is 69.0 Å². The van der Waals surface area contributed by atoms with E-state index < -0.39 is 0 Å². The smallest absolute Gasteiger partial charge is 0.227 e. The summed E-state index contributed by atoms with van der Waals surface area (Å²) in [7, 11) is 0. The third-order valence-electron chi connectivity index (χ3n) is 4.96. The van der Waals surface area contributed by atoms with Gasteiger partial charge in [-0.3, -0.25) is 4.79 Å². The molecule has 1 N–H and O–H groups in total. The fourth-order valence-corrected chi connectivity index (χ4v) is 4.10. The number of benzene rings is 1. The van der Waals surface area contributed by atoms with Gasteiger partial charge in [0.15, 0.2) is 5.78 Å². The molecule has 1 aromatic carbocycles. The number of rotatable bonds is 5. The molecule has 2 heterocycles. The van der Waals surface area contributed by atoms with Crippen molar-refractivity contribution in [3.8, 4) is 5.75 Å². The summed E-state index contributed by atoms with van der Waals surface area (Å²) in [5.41, 5.74) is 2.83. The van der Waals surface area contributed by atoms with Crippen LogP contribution in [0.5, 0.6) is 5.75 Å². The number of carbonyl (C=O) groups is 1. The van der Waals surface area contributed by atoms with Crippen molar-refractivity contribution in [3.63, 3.8) is 0 Å². The molecule has 142 valence electrons. The number of allylic oxidation sites excluding steroid dienone is 2. The Labute approximate surface area is 163 Å². The number of nitrogens with zero attached hydrogens (tertiary/aromatic N) is 3. The number of fused-ring (bicyclic) bond motifs is 1. The maximum atomic E-state index is 12.9. The van der Waals surface area contributed by atoms with E-state index in [4.69, 9.17) is 4.74 Å². The van der Waals surface area contributed by atoms with Crippen molar-refractivity contribution in [1.82, 2.24) is 14.8 Å². The fourth-order valence-electron chi connectivity index (χ4n) is 3.75. The Bertz CT molecular complexity index is 888. The van der Waals surface area contributed by atoms with Gasteiger partial charge in [-0.2, -0.15) is 4.98 Å². The zero-order chi connectivity index (χ0) is 19.0. The molecule has 0 spiro atoms. The number of Topliss-reactive ketones (excluding diaryl/α,β-unsaturated/α-hetero) is 1. The van der Waals surface area contributed by atoms with Gasteiger partial charge in [0.05, 0.1) is 6.61 Å². The molecule has 6 nitrogen and oxygen atoms in total. The predicted molar refractivity (Wildman–Crippen MR) is 106 cm³/mol. The SMILES string of the molecule is CCCOc1ccc([C@H]2C3=C(C[C@@H](C)CC3=O)Nc3nc(SC)nn32)cc1. The number of ketones is 1. The van der Waals surface area contributed by atoms with Gasteiger partial charge in [0.25, 0.3) is 0 Å². The van der Waals surface area contributed by atoms with E-state index in [1.165, 1.54) is 11.8 Å². The van der Waals surface area contributed by atoms with Gasteiger partial charge in [0, 0.05) is 17.7 Å². The third kappa shape index (κ3) is 3.36. The average molecular weight is 385 g/mol. The van der Waals surface area contributed by atoms with Gasteiger partial charge < -0.3 is 10.1 Å². The van der Waals surface area contributed by atoms with Gasteiger partial charge in [-0.1, -0.05) is 37.7 Å². The molecule has 1 aromatic heterocycles. The van der Waals surface area contributed by atoms with Crippen LogP contribution in [0, 0.1) is 5.92 Å². The number of nitrogens with one attached hydrogen (secondary N) is 1. The van der Waals surface area contributed by atoms with Crippen LogP contribution in [0.2, 0.25) is 0 Å². The van der Waals surface area contributed by atoms with E-state index in [2.05, 4.69) is 29.2 Å². The van der Waals surface area contributed by atoms with E-state index in [0.29, 0.717) is 30.1 Å². The molecule has 0 amide bonds. The summed E-state index contributed by atoms with van der Waals surface area (Å²) < 4.78 is 7.55. The fraction of sp³-hybridized carbons (Fsp3) is 0.450. The molecule has 0 saturated heterocycles. The minimum absolute atomic E-state index is 0.194. The Balaban J connectivity index is 1.77. The lowest BCUT2D eigenvalue weighted by molar-refractivity contribution is -0.117. The van der Waals surface area contributed by atoms with E-state index in [-0.39, 0.29) is 11.8 Å². The molecule has 0 bridgehead atoms. The Kier molecular flexibility index (Phi) is 4.95. The summed E-state index contributed by atoms with van der Waals surface area (Å²) in [6.07, 6.45) is 4.36. The van der Waals surface area contributed by atoms with Crippen molar-refractivity contribution in [2.24, 2.45) is 5.92 Å². The molecule has 0 fully saturated rings. The third-order valence-corrected chi connectivity index (χ3v) is 5.49. The van der Waals surface area contributed by atoms with E-state index >= 15 is 0 Å². The normalized spacial score (nSPS) is 21.5. The average Bonchev–Trinajstić information content (AvgIpc) is 3.07. The summed E-state index contributed by atoms with van der Waals surface area (Å²) in [6.45, 7) is 4.90. The van der Waals surface area contributed by atoms with Crippen LogP contribution in [0.25, 0.3) is 0 Å². The lowest BCUT2D eigenvalue weighted by atomic mass is 9.81. The highest BCUT2D eigenvalue weighted by Crippen LogP contribution is 2.41. The minimum atomic E-state index is -0.245. The molecule has 0 unspecified atom stereocenters. The molecule has 1 aliphatic heterocycles. The molecule has 0 radical (unpaired) electrons. The second kappa shape index (κ2) is 7.38. The molecule has 1 aliphatic carbocycles. The monoisotopic (exact) mass is 384 g/mol. The second-order valence-corrected chi connectivity index (χ2v) is 7.91. The van der Waals surface area contributed by atoms with Gasteiger partial charge in [-0.25, -0.2) is 4.68 Å². The van der Waals surface area contributed by atoms with Gasteiger partial charge in [0.2, 0.25) is 11.1 Å². The zero-order valence-electron chi connectivity index (χ0n) is 15.9. The first-order valence-electron chi connectivity index (χ1n) is 9.37. The number of anilines is 1. The highest BCUT2D eigenvalue weighted by Gasteiger charge is 2.38. The Morgan fingerprint density at radius 2 is 2.07 bits per heavy atom. The standard InChI is InChI=1S/C20H24N4O2S/c1-4-9-26-14-7-5-13(6-8-14)18-17-15(10-12(2)11-16(17)25)21-19-22-20(27-3)23-24(18)19/h5-8,12,18H,4,9-11H2,1-3H3,(H,21,22,23)/t12-,18+/m1/s1. The van der Waals surface area contributed by atoms with Crippen LogP contribution in [0.3, 0.4) is 0 Å². The van der Waals surface area contributed by atoms with E-state index in [1.807, 2.05) is 35.2 Å². The summed E-state index contributed by atoms with van der Waals surface area (Å²) in [6, 6.07) is 7.75. The van der Waals surface area contributed by atoms with Crippen LogP contribution in [0.1, 0.15) is 44.7 Å². The maximum Gasteiger partial charge on any atom is 0.227 e. The van der Waals surface area contributed by atoms with E-state index in [1.54, 1.807) is 0 Å². The van der Waals surface area contributed by atoms with Crippen molar-refractivity contribution >= 4 is 23.5 Å². The Morgan fingerprint density at radius 3 is 2.78 bits per heavy atom. The number of hydrogen-bond acceptors (Lipinski definition) is 6. The van der Waals surface area contributed by atoms with Crippen molar-refractivity contribution in [1.29, 1.82) is 0 Å². The van der Waals surface area contributed by atoms with Crippen LogP contribution in [0.15, 0.2) is 40.7 Å². The summed E-state index contributed by atoms with van der Waals surface area (Å²) >= 11 is 1.50. The molecule has 27 heavy (non-hydrogen) atoms. The Hall–Kier alpha value is -2.28. The van der Waals surface area contributed by atoms with Crippen molar-refractivity contribution in [3.05, 3.63) is 41.1 Å². The van der Waals surface area contributed by atoms with Gasteiger partial charge in [0.1, 0.15) is 11.8 Å². The molecular formula is C20H24N4O2S. The van der Waals surface area contributed by atoms with Crippen molar-refractivity contribution in [2.75, 3.05) is 18.2 Å². The maximum absolute atomic E-state index is 12.9. The number of ether oxygens (including phenoxy) is 1. The highest BCUT2D eigenvalue weighted by atomic mass is 32.2.